The third kappa shape index (κ3) is 5.50. The molecule has 0 unspecified atom stereocenters. The lowest BCUT2D eigenvalue weighted by Gasteiger charge is -2.21. The summed E-state index contributed by atoms with van der Waals surface area (Å²) in [6.45, 7) is 5.33. The lowest BCUT2D eigenvalue weighted by Crippen LogP contribution is -2.38. The van der Waals surface area contributed by atoms with Crippen LogP contribution in [0.15, 0.2) is 6.20 Å². The van der Waals surface area contributed by atoms with Crippen molar-refractivity contribution in [1.29, 1.82) is 0 Å². The minimum Gasteiger partial charge on any atom is -0.444 e. The number of nitrogens with one attached hydrogen (secondary N) is 2. The Bertz CT molecular complexity index is 571. The number of carbonyl (C=O) groups excluding carboxylic acids is 1. The first kappa shape index (κ1) is 18.2. The van der Waals surface area contributed by atoms with Crippen molar-refractivity contribution >= 4 is 12.0 Å². The summed E-state index contributed by atoms with van der Waals surface area (Å²) in [4.78, 5) is 15.3. The Labute approximate surface area is 137 Å². The first-order valence-corrected chi connectivity index (χ1v) is 7.56. The molecule has 134 valence electrons. The van der Waals surface area contributed by atoms with Crippen LogP contribution >= 0.6 is 0 Å². The van der Waals surface area contributed by atoms with Gasteiger partial charge in [0.15, 0.2) is 5.69 Å². The molecule has 0 radical (unpaired) electrons. The second-order valence-corrected chi connectivity index (χ2v) is 6.66. The SMILES string of the molecule is CC(C)(C)OC(=O)N[C@H]1CC[C@H](Nc2ncc(C(F)(F)F)nn2)C1. The third-order valence-corrected chi connectivity index (χ3v) is 3.34. The van der Waals surface area contributed by atoms with Crippen LogP contribution in [-0.2, 0) is 10.9 Å². The van der Waals surface area contributed by atoms with Gasteiger partial charge in [0.2, 0.25) is 5.95 Å². The first-order chi connectivity index (χ1) is 11.0. The van der Waals surface area contributed by atoms with Crippen LogP contribution in [0.5, 0.6) is 0 Å². The molecule has 2 atom stereocenters. The number of anilines is 1. The largest absolute Gasteiger partial charge is 0.444 e. The van der Waals surface area contributed by atoms with E-state index in [1.54, 1.807) is 20.8 Å². The van der Waals surface area contributed by atoms with Gasteiger partial charge in [0, 0.05) is 12.1 Å². The maximum atomic E-state index is 12.4. The van der Waals surface area contributed by atoms with E-state index in [9.17, 15) is 18.0 Å². The molecule has 2 rings (SSSR count). The number of alkyl halides is 3. The van der Waals surface area contributed by atoms with E-state index in [1.807, 2.05) is 0 Å². The molecule has 1 aliphatic rings. The van der Waals surface area contributed by atoms with Crippen LogP contribution in [0, 0.1) is 0 Å². The fourth-order valence-corrected chi connectivity index (χ4v) is 2.37. The number of aromatic nitrogens is 3. The van der Waals surface area contributed by atoms with Gasteiger partial charge in [0.25, 0.3) is 0 Å². The predicted octanol–water partition coefficient (Wildman–Crippen LogP) is 2.75. The van der Waals surface area contributed by atoms with Crippen LogP contribution in [0.4, 0.5) is 23.9 Å². The highest BCUT2D eigenvalue weighted by atomic mass is 19.4. The Morgan fingerprint density at radius 2 is 1.88 bits per heavy atom. The molecule has 24 heavy (non-hydrogen) atoms. The van der Waals surface area contributed by atoms with Crippen molar-refractivity contribution in [2.24, 2.45) is 0 Å². The predicted molar refractivity (Wildman–Crippen MR) is 79.2 cm³/mol. The van der Waals surface area contributed by atoms with Crippen molar-refractivity contribution in [2.45, 2.75) is 63.9 Å². The van der Waals surface area contributed by atoms with E-state index in [-0.39, 0.29) is 18.0 Å². The highest BCUT2D eigenvalue weighted by Gasteiger charge is 2.34. The van der Waals surface area contributed by atoms with Gasteiger partial charge in [0.1, 0.15) is 5.60 Å². The molecule has 10 heteroatoms. The van der Waals surface area contributed by atoms with E-state index in [0.29, 0.717) is 12.6 Å². The van der Waals surface area contributed by atoms with E-state index in [1.165, 1.54) is 0 Å². The van der Waals surface area contributed by atoms with Crippen molar-refractivity contribution in [2.75, 3.05) is 5.32 Å². The van der Waals surface area contributed by atoms with Gasteiger partial charge in [-0.1, -0.05) is 0 Å². The molecule has 0 spiro atoms. The summed E-state index contributed by atoms with van der Waals surface area (Å²) in [7, 11) is 0. The number of nitrogens with zero attached hydrogens (tertiary/aromatic N) is 3. The van der Waals surface area contributed by atoms with Crippen LogP contribution < -0.4 is 10.6 Å². The zero-order valence-corrected chi connectivity index (χ0v) is 13.6. The topological polar surface area (TPSA) is 89.0 Å². The fourth-order valence-electron chi connectivity index (χ4n) is 2.37. The summed E-state index contributed by atoms with van der Waals surface area (Å²) in [6.07, 6.45) is -2.35. The normalized spacial score (nSPS) is 21.4. The molecule has 1 saturated carbocycles. The monoisotopic (exact) mass is 347 g/mol. The third-order valence-electron chi connectivity index (χ3n) is 3.34. The minimum atomic E-state index is -4.56. The molecule has 0 saturated heterocycles. The number of amides is 1. The molecule has 1 aromatic heterocycles. The quantitative estimate of drug-likeness (QED) is 0.874. The Kier molecular flexibility index (Phi) is 5.14. The van der Waals surface area contributed by atoms with Crippen molar-refractivity contribution in [3.63, 3.8) is 0 Å². The minimum absolute atomic E-state index is 0.0333. The van der Waals surface area contributed by atoms with Crippen LogP contribution in [0.1, 0.15) is 45.7 Å². The highest BCUT2D eigenvalue weighted by Crippen LogP contribution is 2.27. The molecule has 0 aliphatic heterocycles. The maximum absolute atomic E-state index is 12.4. The summed E-state index contributed by atoms with van der Waals surface area (Å²) in [5.74, 6) is 0.0333. The van der Waals surface area contributed by atoms with Crippen molar-refractivity contribution < 1.29 is 22.7 Å². The van der Waals surface area contributed by atoms with Gasteiger partial charge in [-0.3, -0.25) is 0 Å². The van der Waals surface area contributed by atoms with Gasteiger partial charge in [0.05, 0.1) is 6.20 Å². The number of ether oxygens (including phenoxy) is 1. The Morgan fingerprint density at radius 1 is 1.21 bits per heavy atom. The van der Waals surface area contributed by atoms with Gasteiger partial charge in [-0.25, -0.2) is 9.78 Å². The van der Waals surface area contributed by atoms with Gasteiger partial charge in [-0.2, -0.15) is 13.2 Å². The lowest BCUT2D eigenvalue weighted by molar-refractivity contribution is -0.142. The second-order valence-electron chi connectivity index (χ2n) is 6.66. The summed E-state index contributed by atoms with van der Waals surface area (Å²) in [5, 5.41) is 12.2. The molecule has 1 amide bonds. The first-order valence-electron chi connectivity index (χ1n) is 7.56. The van der Waals surface area contributed by atoms with E-state index < -0.39 is 23.6 Å². The van der Waals surface area contributed by atoms with Gasteiger partial charge in [-0.05, 0) is 40.0 Å². The van der Waals surface area contributed by atoms with Crippen LogP contribution in [0.3, 0.4) is 0 Å². The average Bonchev–Trinajstić information content (AvgIpc) is 2.83. The van der Waals surface area contributed by atoms with E-state index in [4.69, 9.17) is 4.74 Å². The Balaban J connectivity index is 1.82. The number of halogens is 3. The molecule has 0 bridgehead atoms. The molecule has 2 N–H and O–H groups in total. The molecule has 1 aliphatic carbocycles. The summed E-state index contributed by atoms with van der Waals surface area (Å²) in [6, 6.07) is -0.122. The number of rotatable bonds is 3. The van der Waals surface area contributed by atoms with Crippen molar-refractivity contribution in [3.8, 4) is 0 Å². The fraction of sp³-hybridized carbons (Fsp3) is 0.714. The summed E-state index contributed by atoms with van der Waals surface area (Å²) in [5.41, 5.74) is -1.70. The molecular weight excluding hydrogens is 327 g/mol. The maximum Gasteiger partial charge on any atom is 0.436 e. The molecule has 1 fully saturated rings. The zero-order valence-electron chi connectivity index (χ0n) is 13.6. The Hall–Kier alpha value is -2.13. The average molecular weight is 347 g/mol. The van der Waals surface area contributed by atoms with Crippen LogP contribution in [0.25, 0.3) is 0 Å². The van der Waals surface area contributed by atoms with Crippen LogP contribution in [-0.4, -0.2) is 39.0 Å². The van der Waals surface area contributed by atoms with Gasteiger partial charge in [-0.15, -0.1) is 10.2 Å². The highest BCUT2D eigenvalue weighted by molar-refractivity contribution is 5.68. The van der Waals surface area contributed by atoms with Crippen molar-refractivity contribution in [1.82, 2.24) is 20.5 Å². The van der Waals surface area contributed by atoms with E-state index in [2.05, 4.69) is 25.8 Å². The smallest absolute Gasteiger partial charge is 0.436 e. The summed E-state index contributed by atoms with van der Waals surface area (Å²) < 4.78 is 42.4. The number of carbonyl (C=O) groups is 1. The molecule has 0 aromatic carbocycles. The zero-order chi connectivity index (χ0) is 18.0. The van der Waals surface area contributed by atoms with Crippen molar-refractivity contribution in [3.05, 3.63) is 11.9 Å². The second kappa shape index (κ2) is 6.78. The lowest BCUT2D eigenvalue weighted by atomic mass is 10.2. The standard InChI is InChI=1S/C14H20F3N5O2/c1-13(2,3)24-12(23)20-9-5-4-8(6-9)19-11-18-7-10(21-22-11)14(15,16)17/h7-9H,4-6H2,1-3H3,(H,20,23)(H,18,19,22)/t8-,9-/m0/s1. The number of hydrogen-bond acceptors (Lipinski definition) is 6. The molecule has 7 nitrogen and oxygen atoms in total. The number of hydrogen-bond donors (Lipinski definition) is 2. The molecular formula is C14H20F3N5O2. The van der Waals surface area contributed by atoms with E-state index in [0.717, 1.165) is 12.8 Å². The van der Waals surface area contributed by atoms with Gasteiger partial charge < -0.3 is 15.4 Å². The van der Waals surface area contributed by atoms with Gasteiger partial charge >= 0.3 is 12.3 Å². The number of alkyl carbamates (subject to hydrolysis) is 1. The van der Waals surface area contributed by atoms with Crippen LogP contribution in [0.2, 0.25) is 0 Å². The summed E-state index contributed by atoms with van der Waals surface area (Å²) >= 11 is 0. The Morgan fingerprint density at radius 3 is 2.42 bits per heavy atom. The van der Waals surface area contributed by atoms with E-state index >= 15 is 0 Å². The molecule has 1 heterocycles. The molecule has 1 aromatic rings.